The van der Waals surface area contributed by atoms with Gasteiger partial charge in [-0.25, -0.2) is 0 Å². The summed E-state index contributed by atoms with van der Waals surface area (Å²) in [5.41, 5.74) is 0. The molecule has 3 nitrogen and oxygen atoms in total. The van der Waals surface area contributed by atoms with Gasteiger partial charge in [0.1, 0.15) is 0 Å². The molecular formula is C16H33N3. The van der Waals surface area contributed by atoms with E-state index in [1.54, 1.807) is 0 Å². The molecule has 0 aromatic rings. The molecule has 0 aromatic carbocycles. The van der Waals surface area contributed by atoms with Crippen molar-refractivity contribution < 1.29 is 0 Å². The van der Waals surface area contributed by atoms with Crippen LogP contribution >= 0.6 is 0 Å². The van der Waals surface area contributed by atoms with Crippen LogP contribution in [0.5, 0.6) is 0 Å². The zero-order valence-corrected chi connectivity index (χ0v) is 13.0. The van der Waals surface area contributed by atoms with Crippen molar-refractivity contribution in [1.29, 1.82) is 0 Å². The van der Waals surface area contributed by atoms with E-state index in [4.69, 9.17) is 0 Å². The molecule has 2 rings (SSSR count). The monoisotopic (exact) mass is 267 g/mol. The summed E-state index contributed by atoms with van der Waals surface area (Å²) in [5.74, 6) is 0.878. The van der Waals surface area contributed by atoms with E-state index in [1.165, 1.54) is 71.2 Å². The van der Waals surface area contributed by atoms with E-state index in [2.05, 4.69) is 29.1 Å². The Morgan fingerprint density at radius 1 is 1.05 bits per heavy atom. The third-order valence-corrected chi connectivity index (χ3v) is 5.01. The van der Waals surface area contributed by atoms with E-state index in [0.717, 1.165) is 18.5 Å². The van der Waals surface area contributed by atoms with E-state index in [0.29, 0.717) is 0 Å². The second-order valence-electron chi connectivity index (χ2n) is 6.67. The first-order valence-electron chi connectivity index (χ1n) is 8.40. The maximum atomic E-state index is 3.77. The van der Waals surface area contributed by atoms with Crippen LogP contribution in [-0.4, -0.2) is 62.2 Å². The maximum Gasteiger partial charge on any atom is 0.0109 e. The molecule has 0 spiro atoms. The number of rotatable bonds is 7. The summed E-state index contributed by atoms with van der Waals surface area (Å²) in [6, 6.07) is 0.778. The third-order valence-electron chi connectivity index (χ3n) is 5.01. The molecule has 3 heteroatoms. The van der Waals surface area contributed by atoms with Gasteiger partial charge in [-0.3, -0.25) is 0 Å². The predicted octanol–water partition coefficient (Wildman–Crippen LogP) is 2.18. The van der Waals surface area contributed by atoms with Crippen molar-refractivity contribution in [1.82, 2.24) is 15.1 Å². The van der Waals surface area contributed by atoms with Crippen molar-refractivity contribution in [3.8, 4) is 0 Å². The Balaban J connectivity index is 1.51. The zero-order chi connectivity index (χ0) is 13.5. The Labute approximate surface area is 119 Å². The number of likely N-dealkylation sites (N-methyl/N-ethyl adjacent to an activating group) is 1. The highest BCUT2D eigenvalue weighted by molar-refractivity contribution is 4.78. The minimum atomic E-state index is 0.778. The fourth-order valence-corrected chi connectivity index (χ4v) is 3.49. The topological polar surface area (TPSA) is 18.5 Å². The minimum Gasteiger partial charge on any atom is -0.312 e. The van der Waals surface area contributed by atoms with Gasteiger partial charge in [-0.2, -0.15) is 0 Å². The van der Waals surface area contributed by atoms with Gasteiger partial charge in [0.25, 0.3) is 0 Å². The summed E-state index contributed by atoms with van der Waals surface area (Å²) in [7, 11) is 2.27. The van der Waals surface area contributed by atoms with Gasteiger partial charge in [0.15, 0.2) is 0 Å². The molecule has 2 atom stereocenters. The summed E-state index contributed by atoms with van der Waals surface area (Å²) >= 11 is 0. The van der Waals surface area contributed by atoms with Crippen LogP contribution in [0.2, 0.25) is 0 Å². The van der Waals surface area contributed by atoms with Gasteiger partial charge in [0.2, 0.25) is 0 Å². The Morgan fingerprint density at radius 3 is 2.53 bits per heavy atom. The molecule has 1 heterocycles. The SMILES string of the molecule is CC1CCCCC1NCCN(C)CCN1CCCC1. The average molecular weight is 267 g/mol. The van der Waals surface area contributed by atoms with Gasteiger partial charge in [-0.05, 0) is 51.7 Å². The third kappa shape index (κ3) is 5.41. The van der Waals surface area contributed by atoms with Crippen molar-refractivity contribution in [2.45, 2.75) is 51.5 Å². The maximum absolute atomic E-state index is 3.77. The summed E-state index contributed by atoms with van der Waals surface area (Å²) < 4.78 is 0. The first-order chi connectivity index (χ1) is 9.25. The molecule has 1 aliphatic heterocycles. The van der Waals surface area contributed by atoms with Gasteiger partial charge in [-0.1, -0.05) is 19.8 Å². The first kappa shape index (κ1) is 15.3. The largest absolute Gasteiger partial charge is 0.312 e. The van der Waals surface area contributed by atoms with Crippen molar-refractivity contribution in [2.24, 2.45) is 5.92 Å². The van der Waals surface area contributed by atoms with E-state index in [-0.39, 0.29) is 0 Å². The van der Waals surface area contributed by atoms with Crippen LogP contribution in [0, 0.1) is 5.92 Å². The number of hydrogen-bond acceptors (Lipinski definition) is 3. The van der Waals surface area contributed by atoms with Crippen LogP contribution in [0.1, 0.15) is 45.4 Å². The smallest absolute Gasteiger partial charge is 0.0109 e. The van der Waals surface area contributed by atoms with Crippen molar-refractivity contribution in [3.63, 3.8) is 0 Å². The Hall–Kier alpha value is -0.120. The highest BCUT2D eigenvalue weighted by Crippen LogP contribution is 2.23. The standard InChI is InChI=1S/C16H33N3/c1-15-7-3-4-8-16(15)17-9-12-18(2)13-14-19-10-5-6-11-19/h15-17H,3-14H2,1-2H3. The quantitative estimate of drug-likeness (QED) is 0.763. The highest BCUT2D eigenvalue weighted by atomic mass is 15.2. The molecule has 1 aliphatic carbocycles. The van der Waals surface area contributed by atoms with Gasteiger partial charge in [0.05, 0.1) is 0 Å². The van der Waals surface area contributed by atoms with Crippen LogP contribution < -0.4 is 5.32 Å². The second kappa shape index (κ2) is 8.23. The van der Waals surface area contributed by atoms with Crippen molar-refractivity contribution in [2.75, 3.05) is 46.3 Å². The lowest BCUT2D eigenvalue weighted by Crippen LogP contribution is -2.42. The molecule has 2 fully saturated rings. The van der Waals surface area contributed by atoms with E-state index >= 15 is 0 Å². The van der Waals surface area contributed by atoms with E-state index < -0.39 is 0 Å². The molecular weight excluding hydrogens is 234 g/mol. The summed E-state index contributed by atoms with van der Waals surface area (Å²) in [5, 5.41) is 3.77. The van der Waals surface area contributed by atoms with Gasteiger partial charge < -0.3 is 15.1 Å². The predicted molar refractivity (Wildman–Crippen MR) is 82.6 cm³/mol. The summed E-state index contributed by atoms with van der Waals surface area (Å²) in [4.78, 5) is 5.09. The molecule has 112 valence electrons. The summed E-state index contributed by atoms with van der Waals surface area (Å²) in [6.45, 7) is 9.89. The van der Waals surface area contributed by atoms with Gasteiger partial charge >= 0.3 is 0 Å². The number of nitrogens with zero attached hydrogens (tertiary/aromatic N) is 2. The number of hydrogen-bond donors (Lipinski definition) is 1. The zero-order valence-electron chi connectivity index (χ0n) is 13.0. The molecule has 0 aromatic heterocycles. The Kier molecular flexibility index (Phi) is 6.62. The lowest BCUT2D eigenvalue weighted by molar-refractivity contribution is 0.238. The molecule has 1 saturated carbocycles. The van der Waals surface area contributed by atoms with Crippen LogP contribution in [0.15, 0.2) is 0 Å². The van der Waals surface area contributed by atoms with Gasteiger partial charge in [0, 0.05) is 32.2 Å². The molecule has 0 radical (unpaired) electrons. The lowest BCUT2D eigenvalue weighted by Gasteiger charge is -2.30. The van der Waals surface area contributed by atoms with E-state index in [1.807, 2.05) is 0 Å². The normalized spacial score (nSPS) is 29.2. The Bertz CT molecular complexity index is 238. The first-order valence-corrected chi connectivity index (χ1v) is 8.40. The van der Waals surface area contributed by atoms with Crippen LogP contribution in [0.4, 0.5) is 0 Å². The highest BCUT2D eigenvalue weighted by Gasteiger charge is 2.20. The lowest BCUT2D eigenvalue weighted by atomic mass is 9.86. The van der Waals surface area contributed by atoms with Crippen LogP contribution in [0.3, 0.4) is 0 Å². The summed E-state index contributed by atoms with van der Waals surface area (Å²) in [6.07, 6.45) is 8.48. The van der Waals surface area contributed by atoms with Crippen LogP contribution in [0.25, 0.3) is 0 Å². The second-order valence-corrected chi connectivity index (χ2v) is 6.67. The number of likely N-dealkylation sites (tertiary alicyclic amines) is 1. The fraction of sp³-hybridized carbons (Fsp3) is 1.00. The minimum absolute atomic E-state index is 0.778. The Morgan fingerprint density at radius 2 is 1.79 bits per heavy atom. The van der Waals surface area contributed by atoms with E-state index in [9.17, 15) is 0 Å². The van der Waals surface area contributed by atoms with Crippen molar-refractivity contribution >= 4 is 0 Å². The molecule has 0 bridgehead atoms. The fourth-order valence-electron chi connectivity index (χ4n) is 3.49. The molecule has 0 amide bonds. The molecule has 1 saturated heterocycles. The van der Waals surface area contributed by atoms with Gasteiger partial charge in [-0.15, -0.1) is 0 Å². The molecule has 19 heavy (non-hydrogen) atoms. The number of nitrogens with one attached hydrogen (secondary N) is 1. The van der Waals surface area contributed by atoms with Crippen LogP contribution in [-0.2, 0) is 0 Å². The average Bonchev–Trinajstić information content (AvgIpc) is 2.92. The molecule has 1 N–H and O–H groups in total. The molecule has 2 aliphatic rings. The molecule has 2 unspecified atom stereocenters. The van der Waals surface area contributed by atoms with Crippen molar-refractivity contribution in [3.05, 3.63) is 0 Å².